The third-order valence-electron chi connectivity index (χ3n) is 4.51. The molecule has 0 aromatic carbocycles. The second kappa shape index (κ2) is 5.99. The summed E-state index contributed by atoms with van der Waals surface area (Å²) in [6.45, 7) is 4.44. The van der Waals surface area contributed by atoms with Gasteiger partial charge in [-0.1, -0.05) is 6.42 Å². The first-order chi connectivity index (χ1) is 9.34. The fourth-order valence-electron chi connectivity index (χ4n) is 3.15. The van der Waals surface area contributed by atoms with Gasteiger partial charge in [-0.2, -0.15) is 17.0 Å². The summed E-state index contributed by atoms with van der Waals surface area (Å²) in [5, 5.41) is 9.14. The van der Waals surface area contributed by atoms with Crippen LogP contribution in [0.15, 0.2) is 0 Å². The maximum atomic E-state index is 12.8. The van der Waals surface area contributed by atoms with Gasteiger partial charge in [0.1, 0.15) is 0 Å². The molecule has 0 aromatic heterocycles. The molecule has 6 nitrogen and oxygen atoms in total. The third kappa shape index (κ3) is 2.99. The first-order valence-electron chi connectivity index (χ1n) is 7.35. The molecule has 0 aliphatic carbocycles. The van der Waals surface area contributed by atoms with E-state index in [1.807, 2.05) is 13.8 Å². The van der Waals surface area contributed by atoms with Crippen molar-refractivity contribution in [1.29, 1.82) is 0 Å². The summed E-state index contributed by atoms with van der Waals surface area (Å²) in [4.78, 5) is 11.1. The molecule has 1 N–H and O–H groups in total. The second-order valence-electron chi connectivity index (χ2n) is 5.99. The van der Waals surface area contributed by atoms with Crippen LogP contribution in [0.2, 0.25) is 0 Å². The summed E-state index contributed by atoms with van der Waals surface area (Å²) >= 11 is 0. The number of aliphatic carboxylic acids is 1. The highest BCUT2D eigenvalue weighted by molar-refractivity contribution is 7.86. The zero-order valence-corrected chi connectivity index (χ0v) is 13.0. The number of hydrogen-bond donors (Lipinski definition) is 1. The van der Waals surface area contributed by atoms with Gasteiger partial charge in [-0.3, -0.25) is 4.79 Å². The molecule has 116 valence electrons. The van der Waals surface area contributed by atoms with Crippen molar-refractivity contribution in [2.75, 3.05) is 13.1 Å². The molecule has 0 radical (unpaired) electrons. The number of piperidine rings is 2. The van der Waals surface area contributed by atoms with Gasteiger partial charge in [0.05, 0.1) is 5.92 Å². The summed E-state index contributed by atoms with van der Waals surface area (Å²) in [6, 6.07) is -0.115. The van der Waals surface area contributed by atoms with Gasteiger partial charge in [0, 0.05) is 25.2 Å². The van der Waals surface area contributed by atoms with Crippen LogP contribution < -0.4 is 0 Å². The van der Waals surface area contributed by atoms with Gasteiger partial charge in [0.25, 0.3) is 10.2 Å². The summed E-state index contributed by atoms with van der Waals surface area (Å²) in [6.07, 6.45) is 3.98. The van der Waals surface area contributed by atoms with E-state index in [0.29, 0.717) is 19.4 Å². The van der Waals surface area contributed by atoms with Crippen molar-refractivity contribution < 1.29 is 18.3 Å². The number of rotatable bonds is 3. The first-order valence-corrected chi connectivity index (χ1v) is 8.75. The Hall–Kier alpha value is -0.660. The zero-order valence-electron chi connectivity index (χ0n) is 12.2. The minimum atomic E-state index is -3.55. The van der Waals surface area contributed by atoms with E-state index in [-0.39, 0.29) is 18.6 Å². The van der Waals surface area contributed by atoms with Crippen LogP contribution in [0.4, 0.5) is 0 Å². The predicted octanol–water partition coefficient (Wildman–Crippen LogP) is 1.29. The van der Waals surface area contributed by atoms with Crippen LogP contribution in [0.1, 0.15) is 46.0 Å². The van der Waals surface area contributed by atoms with E-state index < -0.39 is 22.1 Å². The van der Waals surface area contributed by atoms with Crippen molar-refractivity contribution in [3.05, 3.63) is 0 Å². The fraction of sp³-hybridized carbons (Fsp3) is 0.923. The number of hydrogen-bond acceptors (Lipinski definition) is 3. The van der Waals surface area contributed by atoms with Crippen LogP contribution in [-0.4, -0.2) is 53.3 Å². The number of nitrogens with zero attached hydrogens (tertiary/aromatic N) is 2. The fourth-order valence-corrected chi connectivity index (χ4v) is 5.27. The van der Waals surface area contributed by atoms with E-state index in [1.54, 1.807) is 4.31 Å². The highest BCUT2D eigenvalue weighted by atomic mass is 32.2. The molecule has 2 heterocycles. The Balaban J connectivity index is 2.20. The maximum Gasteiger partial charge on any atom is 0.307 e. The molecule has 2 rings (SSSR count). The largest absolute Gasteiger partial charge is 0.481 e. The Bertz CT molecular complexity index is 465. The number of carboxylic acid groups (broad SMARTS) is 1. The molecule has 2 fully saturated rings. The predicted molar refractivity (Wildman–Crippen MR) is 75.5 cm³/mol. The van der Waals surface area contributed by atoms with Crippen LogP contribution >= 0.6 is 0 Å². The quantitative estimate of drug-likeness (QED) is 0.852. The lowest BCUT2D eigenvalue weighted by molar-refractivity contribution is -0.143. The van der Waals surface area contributed by atoms with Crippen LogP contribution in [0.3, 0.4) is 0 Å². The summed E-state index contributed by atoms with van der Waals surface area (Å²) in [5.41, 5.74) is 0. The molecule has 7 heteroatoms. The van der Waals surface area contributed by atoms with E-state index in [2.05, 4.69) is 0 Å². The van der Waals surface area contributed by atoms with Gasteiger partial charge in [0.2, 0.25) is 0 Å². The molecule has 3 atom stereocenters. The van der Waals surface area contributed by atoms with Gasteiger partial charge >= 0.3 is 5.97 Å². The SMILES string of the molecule is CC1CCCCN1S(=O)(=O)N1CC(C(=O)O)CCC1C. The van der Waals surface area contributed by atoms with E-state index in [0.717, 1.165) is 19.3 Å². The lowest BCUT2D eigenvalue weighted by Gasteiger charge is -2.41. The Morgan fingerprint density at radius 2 is 1.70 bits per heavy atom. The van der Waals surface area contributed by atoms with E-state index in [9.17, 15) is 13.2 Å². The third-order valence-corrected chi connectivity index (χ3v) is 6.75. The molecular formula is C13H24N2O4S. The lowest BCUT2D eigenvalue weighted by atomic mass is 9.96. The van der Waals surface area contributed by atoms with Gasteiger partial charge in [0.15, 0.2) is 0 Å². The van der Waals surface area contributed by atoms with Crippen molar-refractivity contribution in [3.8, 4) is 0 Å². The minimum Gasteiger partial charge on any atom is -0.481 e. The highest BCUT2D eigenvalue weighted by Crippen LogP contribution is 2.29. The minimum absolute atomic E-state index is 0.00570. The van der Waals surface area contributed by atoms with Crippen LogP contribution in [0.25, 0.3) is 0 Å². The number of carboxylic acids is 1. The monoisotopic (exact) mass is 304 g/mol. The Kier molecular flexibility index (Phi) is 4.71. The lowest BCUT2D eigenvalue weighted by Crippen LogP contribution is -2.55. The smallest absolute Gasteiger partial charge is 0.307 e. The molecule has 2 saturated heterocycles. The molecule has 3 unspecified atom stereocenters. The van der Waals surface area contributed by atoms with Crippen LogP contribution in [0.5, 0.6) is 0 Å². The average Bonchev–Trinajstić information content (AvgIpc) is 2.39. The molecule has 2 aliphatic rings. The van der Waals surface area contributed by atoms with Gasteiger partial charge < -0.3 is 5.11 Å². The first kappa shape index (κ1) is 15.7. The van der Waals surface area contributed by atoms with Crippen molar-refractivity contribution in [3.63, 3.8) is 0 Å². The van der Waals surface area contributed by atoms with Crippen molar-refractivity contribution in [2.24, 2.45) is 5.92 Å². The van der Waals surface area contributed by atoms with Crippen LogP contribution in [0, 0.1) is 5.92 Å². The zero-order chi connectivity index (χ0) is 14.9. The van der Waals surface area contributed by atoms with Gasteiger partial charge in [-0.15, -0.1) is 0 Å². The molecule has 20 heavy (non-hydrogen) atoms. The average molecular weight is 304 g/mol. The standard InChI is InChI=1S/C13H24N2O4S/c1-10-5-3-4-8-14(10)20(18,19)15-9-12(13(16)17)7-6-11(15)2/h10-12H,3-9H2,1-2H3,(H,16,17). The molecule has 0 aromatic rings. The second-order valence-corrected chi connectivity index (χ2v) is 7.83. The maximum absolute atomic E-state index is 12.8. The molecular weight excluding hydrogens is 280 g/mol. The van der Waals surface area contributed by atoms with Crippen molar-refractivity contribution >= 4 is 16.2 Å². The molecule has 2 aliphatic heterocycles. The Labute approximate surface area is 120 Å². The van der Waals surface area contributed by atoms with Crippen LogP contribution in [-0.2, 0) is 15.0 Å². The van der Waals surface area contributed by atoms with E-state index in [1.165, 1.54) is 4.31 Å². The molecule has 0 spiro atoms. The normalized spacial score (nSPS) is 34.0. The topological polar surface area (TPSA) is 77.9 Å². The molecule has 0 bridgehead atoms. The highest BCUT2D eigenvalue weighted by Gasteiger charge is 2.41. The van der Waals surface area contributed by atoms with E-state index in [4.69, 9.17) is 5.11 Å². The summed E-state index contributed by atoms with van der Waals surface area (Å²) < 4.78 is 28.5. The molecule has 0 amide bonds. The summed E-state index contributed by atoms with van der Waals surface area (Å²) in [5.74, 6) is -1.48. The summed E-state index contributed by atoms with van der Waals surface area (Å²) in [7, 11) is -3.55. The van der Waals surface area contributed by atoms with Gasteiger partial charge in [-0.25, -0.2) is 0 Å². The number of carbonyl (C=O) groups is 1. The molecule has 0 saturated carbocycles. The Morgan fingerprint density at radius 1 is 1.05 bits per heavy atom. The van der Waals surface area contributed by atoms with Crippen molar-refractivity contribution in [2.45, 2.75) is 58.0 Å². The van der Waals surface area contributed by atoms with E-state index >= 15 is 0 Å². The Morgan fingerprint density at radius 3 is 2.30 bits per heavy atom. The van der Waals surface area contributed by atoms with Crippen molar-refractivity contribution in [1.82, 2.24) is 8.61 Å². The van der Waals surface area contributed by atoms with Gasteiger partial charge in [-0.05, 0) is 39.5 Å².